The molecule has 0 spiro atoms. The van der Waals surface area contributed by atoms with Gasteiger partial charge in [-0.25, -0.2) is 0 Å². The Bertz CT molecular complexity index is 158. The minimum absolute atomic E-state index is 0.502. The van der Waals surface area contributed by atoms with E-state index >= 15 is 0 Å². The fraction of sp³-hybridized carbons (Fsp3) is 0.846. The molecule has 14 heavy (non-hydrogen) atoms. The van der Waals surface area contributed by atoms with Gasteiger partial charge in [0.2, 0.25) is 0 Å². The average molecular weight is 193 g/mol. The van der Waals surface area contributed by atoms with E-state index in [0.29, 0.717) is 6.04 Å². The molecule has 0 unspecified atom stereocenters. The van der Waals surface area contributed by atoms with Crippen LogP contribution in [0.5, 0.6) is 0 Å². The second kappa shape index (κ2) is 4.65. The Morgan fingerprint density at radius 2 is 1.64 bits per heavy atom. The average Bonchev–Trinajstić information content (AvgIpc) is 2.18. The predicted molar refractivity (Wildman–Crippen MR) is 60.4 cm³/mol. The van der Waals surface area contributed by atoms with E-state index in [9.17, 15) is 0 Å². The van der Waals surface area contributed by atoms with Crippen molar-refractivity contribution < 1.29 is 0 Å². The van der Waals surface area contributed by atoms with Crippen LogP contribution >= 0.6 is 0 Å². The van der Waals surface area contributed by atoms with Crippen LogP contribution in [-0.2, 0) is 0 Å². The Hall–Kier alpha value is -0.0400. The molecule has 2 aliphatic rings. The normalized spacial score (nSPS) is 41.6. The molecule has 2 saturated carbocycles. The van der Waals surface area contributed by atoms with Gasteiger partial charge >= 0.3 is 0 Å². The van der Waals surface area contributed by atoms with Gasteiger partial charge in [0, 0.05) is 6.04 Å². The van der Waals surface area contributed by atoms with Crippen LogP contribution < -0.4 is 5.73 Å². The van der Waals surface area contributed by atoms with E-state index < -0.39 is 0 Å². The van der Waals surface area contributed by atoms with Crippen molar-refractivity contribution in [2.24, 2.45) is 23.5 Å². The molecule has 0 aliphatic heterocycles. The molecule has 2 aliphatic carbocycles. The fourth-order valence-corrected chi connectivity index (χ4v) is 2.52. The minimum atomic E-state index is 0.502. The topological polar surface area (TPSA) is 26.0 Å². The molecule has 2 N–H and O–H groups in total. The van der Waals surface area contributed by atoms with Gasteiger partial charge in [-0.05, 0) is 62.7 Å². The lowest BCUT2D eigenvalue weighted by Gasteiger charge is -2.35. The van der Waals surface area contributed by atoms with Crippen LogP contribution in [0.25, 0.3) is 0 Å². The van der Waals surface area contributed by atoms with Gasteiger partial charge in [0.1, 0.15) is 0 Å². The lowest BCUT2D eigenvalue weighted by atomic mass is 9.72. The summed E-state index contributed by atoms with van der Waals surface area (Å²) >= 11 is 0. The van der Waals surface area contributed by atoms with Crippen molar-refractivity contribution >= 4 is 0 Å². The van der Waals surface area contributed by atoms with Crippen molar-refractivity contribution in [3.8, 4) is 0 Å². The van der Waals surface area contributed by atoms with Gasteiger partial charge < -0.3 is 5.73 Å². The number of unbranched alkanes of at least 4 members (excludes halogenated alkanes) is 1. The zero-order valence-electron chi connectivity index (χ0n) is 9.28. The van der Waals surface area contributed by atoms with Crippen LogP contribution in [0.3, 0.4) is 0 Å². The molecule has 0 saturated heterocycles. The summed E-state index contributed by atoms with van der Waals surface area (Å²) in [6.07, 6.45) is 12.8. The van der Waals surface area contributed by atoms with Gasteiger partial charge in [-0.2, -0.15) is 0 Å². The Morgan fingerprint density at radius 3 is 2.00 bits per heavy atom. The van der Waals surface area contributed by atoms with Crippen molar-refractivity contribution in [2.75, 3.05) is 0 Å². The Kier molecular flexibility index (Phi) is 3.48. The standard InChI is InChI=1S/C13H23N/c1-10-6-7-11(10)4-2-3-5-12-8-9-13(12)14/h2-3,10-13H,4-9,14H2,1H3/t10-,11+,12-,13+/m1/s1. The minimum Gasteiger partial charge on any atom is -0.327 e. The Balaban J connectivity index is 1.47. The lowest BCUT2D eigenvalue weighted by molar-refractivity contribution is 0.193. The van der Waals surface area contributed by atoms with Crippen LogP contribution in [-0.4, -0.2) is 6.04 Å². The third kappa shape index (κ3) is 2.31. The summed E-state index contributed by atoms with van der Waals surface area (Å²) in [6.45, 7) is 2.38. The first-order valence-corrected chi connectivity index (χ1v) is 6.18. The Morgan fingerprint density at radius 1 is 1.00 bits per heavy atom. The molecule has 0 aromatic carbocycles. The molecule has 4 atom stereocenters. The van der Waals surface area contributed by atoms with Crippen molar-refractivity contribution in [3.05, 3.63) is 12.8 Å². The number of rotatable bonds is 5. The van der Waals surface area contributed by atoms with Gasteiger partial charge in [0.05, 0.1) is 0 Å². The summed E-state index contributed by atoms with van der Waals surface area (Å²) in [6, 6.07) is 0.502. The molecular weight excluding hydrogens is 170 g/mol. The van der Waals surface area contributed by atoms with Crippen LogP contribution in [0, 0.1) is 30.6 Å². The zero-order chi connectivity index (χ0) is 9.97. The maximum atomic E-state index is 5.89. The third-order valence-corrected chi connectivity index (χ3v) is 4.32. The quantitative estimate of drug-likeness (QED) is 0.667. The van der Waals surface area contributed by atoms with Gasteiger partial charge in [-0.15, -0.1) is 0 Å². The molecule has 0 heterocycles. The zero-order valence-corrected chi connectivity index (χ0v) is 9.28. The molecule has 2 fully saturated rings. The van der Waals surface area contributed by atoms with E-state index in [0.717, 1.165) is 17.8 Å². The highest BCUT2D eigenvalue weighted by Gasteiger charge is 2.28. The smallest absolute Gasteiger partial charge is 0.00673 e. The van der Waals surface area contributed by atoms with Crippen LogP contribution in [0.15, 0.2) is 0 Å². The van der Waals surface area contributed by atoms with Crippen molar-refractivity contribution in [2.45, 2.75) is 51.5 Å². The van der Waals surface area contributed by atoms with Crippen LogP contribution in [0.2, 0.25) is 0 Å². The summed E-state index contributed by atoms with van der Waals surface area (Å²) in [7, 11) is 0. The van der Waals surface area contributed by atoms with E-state index in [2.05, 4.69) is 19.8 Å². The molecule has 0 amide bonds. The van der Waals surface area contributed by atoms with E-state index in [1.807, 2.05) is 0 Å². The van der Waals surface area contributed by atoms with E-state index in [1.165, 1.54) is 38.5 Å². The largest absolute Gasteiger partial charge is 0.327 e. The molecule has 1 heteroatoms. The van der Waals surface area contributed by atoms with Crippen LogP contribution in [0.1, 0.15) is 45.4 Å². The first-order chi connectivity index (χ1) is 6.77. The number of nitrogens with two attached hydrogens (primary N) is 1. The van der Waals surface area contributed by atoms with Crippen molar-refractivity contribution in [1.29, 1.82) is 0 Å². The molecule has 2 radical (unpaired) electrons. The molecule has 0 bridgehead atoms. The lowest BCUT2D eigenvalue weighted by Crippen LogP contribution is -2.39. The summed E-state index contributed by atoms with van der Waals surface area (Å²) < 4.78 is 0. The molecule has 80 valence electrons. The molecular formula is C13H23N. The summed E-state index contributed by atoms with van der Waals surface area (Å²) in [5.41, 5.74) is 5.89. The monoisotopic (exact) mass is 193 g/mol. The van der Waals surface area contributed by atoms with Crippen LogP contribution in [0.4, 0.5) is 0 Å². The molecule has 0 aromatic rings. The maximum Gasteiger partial charge on any atom is 0.00673 e. The van der Waals surface area contributed by atoms with E-state index in [4.69, 9.17) is 5.73 Å². The summed E-state index contributed by atoms with van der Waals surface area (Å²) in [4.78, 5) is 0. The first kappa shape index (κ1) is 10.5. The maximum absolute atomic E-state index is 5.89. The summed E-state index contributed by atoms with van der Waals surface area (Å²) in [5, 5.41) is 0. The van der Waals surface area contributed by atoms with Gasteiger partial charge in [-0.1, -0.05) is 13.3 Å². The fourth-order valence-electron chi connectivity index (χ4n) is 2.52. The van der Waals surface area contributed by atoms with E-state index in [1.54, 1.807) is 0 Å². The molecule has 1 nitrogen and oxygen atoms in total. The highest BCUT2D eigenvalue weighted by molar-refractivity contribution is 4.95. The highest BCUT2D eigenvalue weighted by Crippen LogP contribution is 2.37. The number of hydrogen-bond donors (Lipinski definition) is 1. The van der Waals surface area contributed by atoms with E-state index in [-0.39, 0.29) is 0 Å². The number of hydrogen-bond acceptors (Lipinski definition) is 1. The SMILES string of the molecule is C[C@@H]1CC[C@@H]1C[CH][CH]C[C@@H]1CC[C@@H]1N. The second-order valence-corrected chi connectivity index (χ2v) is 5.26. The van der Waals surface area contributed by atoms with Gasteiger partial charge in [0.25, 0.3) is 0 Å². The molecule has 0 aromatic heterocycles. The summed E-state index contributed by atoms with van der Waals surface area (Å²) in [5.74, 6) is 2.76. The third-order valence-electron chi connectivity index (χ3n) is 4.32. The van der Waals surface area contributed by atoms with Gasteiger partial charge in [-0.3, -0.25) is 0 Å². The Labute approximate surface area is 88.4 Å². The second-order valence-electron chi connectivity index (χ2n) is 5.26. The van der Waals surface area contributed by atoms with Crippen molar-refractivity contribution in [1.82, 2.24) is 0 Å². The highest BCUT2D eigenvalue weighted by atomic mass is 14.7. The predicted octanol–water partition coefficient (Wildman–Crippen LogP) is 2.96. The van der Waals surface area contributed by atoms with Crippen molar-refractivity contribution in [3.63, 3.8) is 0 Å². The molecule has 2 rings (SSSR count). The first-order valence-electron chi connectivity index (χ1n) is 6.18. The van der Waals surface area contributed by atoms with Gasteiger partial charge in [0.15, 0.2) is 0 Å².